The quantitative estimate of drug-likeness (QED) is 0.399. The largest absolute Gasteiger partial charge is 0.369 e. The van der Waals surface area contributed by atoms with Gasteiger partial charge in [-0.25, -0.2) is 4.98 Å². The third-order valence-corrected chi connectivity index (χ3v) is 5.52. The van der Waals surface area contributed by atoms with Crippen molar-refractivity contribution >= 4 is 28.9 Å². The molecule has 7 nitrogen and oxygen atoms in total. The van der Waals surface area contributed by atoms with Gasteiger partial charge in [-0.05, 0) is 35.7 Å². The first-order chi connectivity index (χ1) is 15.3. The van der Waals surface area contributed by atoms with Crippen molar-refractivity contribution in [3.05, 3.63) is 60.8 Å². The standard InChI is InChI=1S/C24H25N7/c25-24-28-15-20(23(30-24)27-9-4-11-31-12-10-26-16-31)17-6-3-7-18(13-17)22-14-19-5-1-2-8-21(19)29-22/h1-3,5-8,10,13-15,29H,4,9,11-12,16H2,(H3,25,27,28,30). The van der Waals surface area contributed by atoms with Crippen LogP contribution in [0, 0.1) is 0 Å². The van der Waals surface area contributed by atoms with Gasteiger partial charge in [0.25, 0.3) is 0 Å². The van der Waals surface area contributed by atoms with Gasteiger partial charge in [-0.15, -0.1) is 0 Å². The molecule has 0 bridgehead atoms. The summed E-state index contributed by atoms with van der Waals surface area (Å²) in [5.74, 6) is 1.03. The Kier molecular flexibility index (Phi) is 5.33. The summed E-state index contributed by atoms with van der Waals surface area (Å²) in [6.07, 6.45) is 4.77. The van der Waals surface area contributed by atoms with Crippen molar-refractivity contribution in [3.63, 3.8) is 0 Å². The Morgan fingerprint density at radius 1 is 1.06 bits per heavy atom. The number of hydrogen-bond acceptors (Lipinski definition) is 6. The maximum Gasteiger partial charge on any atom is 0.221 e. The maximum absolute atomic E-state index is 5.88. The van der Waals surface area contributed by atoms with E-state index < -0.39 is 0 Å². The smallest absolute Gasteiger partial charge is 0.221 e. The number of H-pyrrole nitrogens is 1. The topological polar surface area (TPSA) is 95.2 Å². The van der Waals surface area contributed by atoms with E-state index in [4.69, 9.17) is 5.73 Å². The summed E-state index contributed by atoms with van der Waals surface area (Å²) in [5, 5.41) is 4.65. The lowest BCUT2D eigenvalue weighted by atomic mass is 10.0. The van der Waals surface area contributed by atoms with Crippen LogP contribution in [0.15, 0.2) is 65.8 Å². The number of hydrogen-bond donors (Lipinski definition) is 3. The average molecular weight is 412 g/mol. The van der Waals surface area contributed by atoms with E-state index in [1.807, 2.05) is 12.3 Å². The van der Waals surface area contributed by atoms with Crippen molar-refractivity contribution in [2.75, 3.05) is 37.4 Å². The lowest BCUT2D eigenvalue weighted by Crippen LogP contribution is -2.23. The Balaban J connectivity index is 1.37. The first kappa shape index (κ1) is 19.3. The Hall–Kier alpha value is -3.71. The van der Waals surface area contributed by atoms with Gasteiger partial charge in [0.2, 0.25) is 5.95 Å². The summed E-state index contributed by atoms with van der Waals surface area (Å²) in [6, 6.07) is 18.9. The molecule has 7 heteroatoms. The van der Waals surface area contributed by atoms with Crippen LogP contribution in [0.5, 0.6) is 0 Å². The Labute approximate surface area is 181 Å². The van der Waals surface area contributed by atoms with Gasteiger partial charge >= 0.3 is 0 Å². The fraction of sp³-hybridized carbons (Fsp3) is 0.208. The van der Waals surface area contributed by atoms with E-state index in [2.05, 4.69) is 78.7 Å². The minimum Gasteiger partial charge on any atom is -0.369 e. The molecule has 4 aromatic rings. The third kappa shape index (κ3) is 4.27. The molecule has 4 N–H and O–H groups in total. The van der Waals surface area contributed by atoms with Crippen LogP contribution < -0.4 is 11.1 Å². The van der Waals surface area contributed by atoms with Crippen molar-refractivity contribution in [3.8, 4) is 22.4 Å². The molecule has 1 aliphatic rings. The van der Waals surface area contributed by atoms with Crippen LogP contribution in [-0.2, 0) is 0 Å². The summed E-state index contributed by atoms with van der Waals surface area (Å²) in [4.78, 5) is 18.8. The number of nitrogen functional groups attached to an aromatic ring is 1. The van der Waals surface area contributed by atoms with E-state index in [9.17, 15) is 0 Å². The number of aromatic amines is 1. The second-order valence-electron chi connectivity index (χ2n) is 7.71. The van der Waals surface area contributed by atoms with E-state index >= 15 is 0 Å². The first-order valence-corrected chi connectivity index (χ1v) is 10.5. The predicted molar refractivity (Wildman–Crippen MR) is 127 cm³/mol. The molecule has 0 amide bonds. The van der Waals surface area contributed by atoms with Gasteiger partial charge in [-0.3, -0.25) is 9.89 Å². The molecule has 0 fully saturated rings. The molecule has 3 heterocycles. The zero-order valence-electron chi connectivity index (χ0n) is 17.3. The zero-order chi connectivity index (χ0) is 21.0. The molecular weight excluding hydrogens is 386 g/mol. The van der Waals surface area contributed by atoms with Crippen LogP contribution in [0.4, 0.5) is 11.8 Å². The van der Waals surface area contributed by atoms with Gasteiger partial charge < -0.3 is 16.0 Å². The van der Waals surface area contributed by atoms with Crippen molar-refractivity contribution in [2.45, 2.75) is 6.42 Å². The molecule has 0 aliphatic carbocycles. The van der Waals surface area contributed by atoms with Crippen LogP contribution in [0.1, 0.15) is 6.42 Å². The van der Waals surface area contributed by atoms with Gasteiger partial charge in [-0.2, -0.15) is 4.98 Å². The van der Waals surface area contributed by atoms with E-state index in [0.29, 0.717) is 0 Å². The van der Waals surface area contributed by atoms with Crippen LogP contribution in [-0.4, -0.2) is 52.4 Å². The minimum absolute atomic E-state index is 0.269. The number of anilines is 2. The van der Waals surface area contributed by atoms with Crippen LogP contribution in [0.25, 0.3) is 33.3 Å². The summed E-state index contributed by atoms with van der Waals surface area (Å²) in [6.45, 7) is 3.54. The number of nitrogens with two attached hydrogens (primary N) is 1. The molecule has 0 spiro atoms. The molecule has 2 aromatic carbocycles. The Morgan fingerprint density at radius 2 is 1.97 bits per heavy atom. The lowest BCUT2D eigenvalue weighted by molar-refractivity contribution is 0.341. The van der Waals surface area contributed by atoms with Gasteiger partial charge in [0.05, 0.1) is 6.67 Å². The highest BCUT2D eigenvalue weighted by Crippen LogP contribution is 2.31. The molecular formula is C24H25N7. The molecule has 1 aliphatic heterocycles. The second-order valence-corrected chi connectivity index (χ2v) is 7.71. The maximum atomic E-state index is 5.88. The fourth-order valence-electron chi connectivity index (χ4n) is 3.90. The van der Waals surface area contributed by atoms with Crippen molar-refractivity contribution < 1.29 is 0 Å². The number of para-hydroxylation sites is 1. The Bertz CT molecular complexity index is 1190. The number of fused-ring (bicyclic) bond motifs is 1. The van der Waals surface area contributed by atoms with Gasteiger partial charge in [0.1, 0.15) is 5.82 Å². The van der Waals surface area contributed by atoms with Crippen molar-refractivity contribution in [1.29, 1.82) is 0 Å². The monoisotopic (exact) mass is 411 g/mol. The number of aliphatic imine (C=N–C) groups is 1. The molecule has 0 unspecified atom stereocenters. The number of benzene rings is 2. The Morgan fingerprint density at radius 3 is 2.84 bits per heavy atom. The molecule has 0 atom stereocenters. The summed E-state index contributed by atoms with van der Waals surface area (Å²) in [7, 11) is 0. The third-order valence-electron chi connectivity index (χ3n) is 5.52. The highest BCUT2D eigenvalue weighted by Gasteiger charge is 2.11. The van der Waals surface area contributed by atoms with Crippen LogP contribution in [0.3, 0.4) is 0 Å². The molecule has 5 rings (SSSR count). The fourth-order valence-corrected chi connectivity index (χ4v) is 3.90. The number of rotatable bonds is 7. The lowest BCUT2D eigenvalue weighted by Gasteiger charge is -2.15. The van der Waals surface area contributed by atoms with Crippen LogP contribution in [0.2, 0.25) is 0 Å². The van der Waals surface area contributed by atoms with E-state index in [1.54, 1.807) is 6.20 Å². The van der Waals surface area contributed by atoms with E-state index in [-0.39, 0.29) is 5.95 Å². The number of aromatic nitrogens is 3. The SMILES string of the molecule is Nc1ncc(-c2cccc(-c3cc4ccccc4[nH]3)c2)c(NCCCN2CC=NC2)n1. The first-order valence-electron chi connectivity index (χ1n) is 10.5. The number of nitrogens with zero attached hydrogens (tertiary/aromatic N) is 4. The van der Waals surface area contributed by atoms with Crippen LogP contribution >= 0.6 is 0 Å². The molecule has 156 valence electrons. The summed E-state index contributed by atoms with van der Waals surface area (Å²) < 4.78 is 0. The highest BCUT2D eigenvalue weighted by atomic mass is 15.2. The predicted octanol–water partition coefficient (Wildman–Crippen LogP) is 4.02. The molecule has 0 saturated heterocycles. The van der Waals surface area contributed by atoms with Crippen molar-refractivity contribution in [1.82, 2.24) is 19.9 Å². The van der Waals surface area contributed by atoms with Crippen molar-refractivity contribution in [2.24, 2.45) is 4.99 Å². The van der Waals surface area contributed by atoms with Gasteiger partial charge in [-0.1, -0.05) is 36.4 Å². The normalized spacial score (nSPS) is 13.8. The molecule has 2 aromatic heterocycles. The van der Waals surface area contributed by atoms with E-state index in [1.165, 1.54) is 5.39 Å². The molecule has 0 radical (unpaired) electrons. The summed E-state index contributed by atoms with van der Waals surface area (Å²) >= 11 is 0. The minimum atomic E-state index is 0.269. The average Bonchev–Trinajstić information content (AvgIpc) is 3.47. The molecule has 0 saturated carbocycles. The highest BCUT2D eigenvalue weighted by molar-refractivity contribution is 5.87. The zero-order valence-corrected chi connectivity index (χ0v) is 17.3. The summed E-state index contributed by atoms with van der Waals surface area (Å²) in [5.41, 5.74) is 11.2. The van der Waals surface area contributed by atoms with Gasteiger partial charge in [0.15, 0.2) is 0 Å². The molecule has 31 heavy (non-hydrogen) atoms. The van der Waals surface area contributed by atoms with Gasteiger partial charge in [0, 0.05) is 54.2 Å². The second kappa shape index (κ2) is 8.57. The van der Waals surface area contributed by atoms with E-state index in [0.717, 1.165) is 66.4 Å². The number of nitrogens with one attached hydrogen (secondary N) is 2.